The third-order valence-electron chi connectivity index (χ3n) is 5.70. The zero-order valence-corrected chi connectivity index (χ0v) is 17.1. The molecule has 0 aromatic carbocycles. The summed E-state index contributed by atoms with van der Waals surface area (Å²) in [5.74, 6) is 1.06. The van der Waals surface area contributed by atoms with Crippen LogP contribution in [0, 0.1) is 0 Å². The quantitative estimate of drug-likeness (QED) is 0.641. The van der Waals surface area contributed by atoms with E-state index in [1.807, 2.05) is 16.7 Å². The van der Waals surface area contributed by atoms with E-state index in [2.05, 4.69) is 19.9 Å². The molecule has 31 heavy (non-hydrogen) atoms. The van der Waals surface area contributed by atoms with Crippen molar-refractivity contribution in [1.29, 1.82) is 0 Å². The lowest BCUT2D eigenvalue weighted by atomic mass is 9.92. The van der Waals surface area contributed by atoms with Gasteiger partial charge in [0.15, 0.2) is 5.65 Å². The number of fused-ring (bicyclic) bond motifs is 1. The highest BCUT2D eigenvalue weighted by molar-refractivity contribution is 5.71. The fourth-order valence-corrected chi connectivity index (χ4v) is 4.12. The number of aromatic nitrogens is 4. The summed E-state index contributed by atoms with van der Waals surface area (Å²) in [6.45, 7) is 2.58. The molecule has 7 nitrogen and oxygen atoms in total. The normalized spacial score (nSPS) is 16.2. The number of aliphatic hydroxyl groups is 1. The Morgan fingerprint density at radius 3 is 2.68 bits per heavy atom. The van der Waals surface area contributed by atoms with E-state index in [-0.39, 0.29) is 18.3 Å². The largest absolute Gasteiger partial charge is 0.495 e. The second-order valence-electron chi connectivity index (χ2n) is 7.61. The Labute approximate surface area is 177 Å². The summed E-state index contributed by atoms with van der Waals surface area (Å²) in [7, 11) is 1.37. The maximum absolute atomic E-state index is 13.0. The average molecular weight is 435 g/mol. The highest BCUT2D eigenvalue weighted by Gasteiger charge is 2.33. The van der Waals surface area contributed by atoms with Crippen LogP contribution in [0.2, 0.25) is 0 Å². The number of aliphatic hydroxyl groups excluding tert-OH is 1. The first-order chi connectivity index (χ1) is 14.9. The first-order valence-electron chi connectivity index (χ1n) is 10.1. The van der Waals surface area contributed by atoms with Crippen molar-refractivity contribution in [2.24, 2.45) is 0 Å². The molecule has 0 amide bonds. The van der Waals surface area contributed by atoms with Gasteiger partial charge in [-0.2, -0.15) is 13.2 Å². The van der Waals surface area contributed by atoms with E-state index < -0.39 is 11.7 Å². The van der Waals surface area contributed by atoms with Gasteiger partial charge >= 0.3 is 6.18 Å². The molecule has 0 saturated carbocycles. The molecule has 1 N–H and O–H groups in total. The minimum Gasteiger partial charge on any atom is -0.495 e. The summed E-state index contributed by atoms with van der Waals surface area (Å²) in [5.41, 5.74) is 1.31. The number of piperidine rings is 1. The molecule has 10 heteroatoms. The lowest BCUT2D eigenvalue weighted by Crippen LogP contribution is -2.34. The van der Waals surface area contributed by atoms with Crippen LogP contribution in [0.4, 0.5) is 13.2 Å². The predicted molar refractivity (Wildman–Crippen MR) is 108 cm³/mol. The summed E-state index contributed by atoms with van der Waals surface area (Å²) >= 11 is 0. The highest BCUT2D eigenvalue weighted by atomic mass is 19.4. The molecule has 1 aliphatic rings. The molecule has 0 atom stereocenters. The van der Waals surface area contributed by atoms with Gasteiger partial charge < -0.3 is 14.4 Å². The molecule has 1 saturated heterocycles. The molecular weight excluding hydrogens is 411 g/mol. The number of hydrogen-bond acceptors (Lipinski definition) is 6. The third kappa shape index (κ3) is 4.49. The molecule has 3 aromatic rings. The van der Waals surface area contributed by atoms with Gasteiger partial charge in [0, 0.05) is 24.9 Å². The molecule has 0 radical (unpaired) electrons. The number of nitrogens with zero attached hydrogens (tertiary/aromatic N) is 5. The molecule has 1 aliphatic heterocycles. The van der Waals surface area contributed by atoms with E-state index in [0.29, 0.717) is 24.4 Å². The van der Waals surface area contributed by atoms with Crippen molar-refractivity contribution in [2.75, 3.05) is 26.8 Å². The molecule has 166 valence electrons. The van der Waals surface area contributed by atoms with Gasteiger partial charge in [0.2, 0.25) is 0 Å². The Morgan fingerprint density at radius 1 is 1.23 bits per heavy atom. The van der Waals surface area contributed by atoms with Crippen LogP contribution in [-0.2, 0) is 19.3 Å². The maximum atomic E-state index is 13.0. The number of imidazole rings is 1. The number of alkyl halides is 3. The van der Waals surface area contributed by atoms with Crippen molar-refractivity contribution in [3.05, 3.63) is 47.7 Å². The molecular formula is C21H24F3N5O2. The minimum absolute atomic E-state index is 0.00874. The van der Waals surface area contributed by atoms with Crippen molar-refractivity contribution in [1.82, 2.24) is 24.4 Å². The fourth-order valence-electron chi connectivity index (χ4n) is 4.12. The van der Waals surface area contributed by atoms with Crippen LogP contribution in [0.1, 0.15) is 35.8 Å². The third-order valence-corrected chi connectivity index (χ3v) is 5.70. The van der Waals surface area contributed by atoms with Crippen LogP contribution in [0.15, 0.2) is 30.6 Å². The second-order valence-corrected chi connectivity index (χ2v) is 7.61. The first-order valence-corrected chi connectivity index (χ1v) is 10.1. The second kappa shape index (κ2) is 8.80. The zero-order valence-electron chi connectivity index (χ0n) is 17.1. The van der Waals surface area contributed by atoms with E-state index in [4.69, 9.17) is 4.74 Å². The van der Waals surface area contributed by atoms with Crippen LogP contribution < -0.4 is 4.74 Å². The smallest absolute Gasteiger partial charge is 0.418 e. The van der Waals surface area contributed by atoms with E-state index in [1.165, 1.54) is 7.11 Å². The number of likely N-dealkylation sites (tertiary alicyclic amines) is 1. The Morgan fingerprint density at radius 2 is 2.00 bits per heavy atom. The summed E-state index contributed by atoms with van der Waals surface area (Å²) in [5, 5.41) is 9.44. The lowest BCUT2D eigenvalue weighted by Gasteiger charge is -2.32. The molecule has 0 bridgehead atoms. The van der Waals surface area contributed by atoms with Crippen molar-refractivity contribution >= 4 is 11.2 Å². The van der Waals surface area contributed by atoms with Gasteiger partial charge in [0.25, 0.3) is 0 Å². The standard InChI is InChI=1S/C21H24F3N5O2/c1-31-17-11-15(21(22,23)24)12-26-19(17)14-4-7-28(8-5-14)13-18-27-20-16(3-2-6-25-20)29(18)9-10-30/h2-3,6,11-12,14,30H,4-5,7-10,13H2,1H3. The van der Waals surface area contributed by atoms with Crippen molar-refractivity contribution in [3.8, 4) is 5.75 Å². The molecule has 4 rings (SSSR count). The number of ether oxygens (including phenoxy) is 1. The van der Waals surface area contributed by atoms with Crippen LogP contribution in [0.3, 0.4) is 0 Å². The fraction of sp³-hybridized carbons (Fsp3) is 0.476. The van der Waals surface area contributed by atoms with Crippen molar-refractivity contribution in [2.45, 2.75) is 38.0 Å². The SMILES string of the molecule is COc1cc(C(F)(F)F)cnc1C1CCN(Cc2nc3ncccc3n2CCO)CC1. The van der Waals surface area contributed by atoms with E-state index >= 15 is 0 Å². The van der Waals surface area contributed by atoms with Gasteiger partial charge in [-0.25, -0.2) is 9.97 Å². The molecule has 0 spiro atoms. The number of hydrogen-bond donors (Lipinski definition) is 1. The summed E-state index contributed by atoms with van der Waals surface area (Å²) < 4.78 is 46.1. The Kier molecular flexibility index (Phi) is 6.10. The Balaban J connectivity index is 1.46. The number of methoxy groups -OCH3 is 1. The predicted octanol–water partition coefficient (Wildman–Crippen LogP) is 3.23. The van der Waals surface area contributed by atoms with Crippen molar-refractivity contribution < 1.29 is 23.0 Å². The summed E-state index contributed by atoms with van der Waals surface area (Å²) in [6, 6.07) is 4.81. The van der Waals surface area contributed by atoms with Gasteiger partial charge in [-0.05, 0) is 44.1 Å². The lowest BCUT2D eigenvalue weighted by molar-refractivity contribution is -0.138. The minimum atomic E-state index is -4.45. The van der Waals surface area contributed by atoms with E-state index in [1.54, 1.807) is 6.20 Å². The zero-order chi connectivity index (χ0) is 22.0. The summed E-state index contributed by atoms with van der Waals surface area (Å²) in [6.07, 6.45) is -0.357. The molecule has 0 aliphatic carbocycles. The Hall–Kier alpha value is -2.72. The topological polar surface area (TPSA) is 76.3 Å². The number of rotatable bonds is 6. The van der Waals surface area contributed by atoms with Crippen molar-refractivity contribution in [3.63, 3.8) is 0 Å². The summed E-state index contributed by atoms with van der Waals surface area (Å²) in [4.78, 5) is 15.3. The monoisotopic (exact) mass is 435 g/mol. The van der Waals surface area contributed by atoms with Crippen LogP contribution in [0.25, 0.3) is 11.2 Å². The van der Waals surface area contributed by atoms with Crippen LogP contribution >= 0.6 is 0 Å². The highest BCUT2D eigenvalue weighted by Crippen LogP contribution is 2.37. The van der Waals surface area contributed by atoms with Gasteiger partial charge in [0.1, 0.15) is 11.6 Å². The Bertz CT molecular complexity index is 1050. The van der Waals surface area contributed by atoms with Crippen LogP contribution in [-0.4, -0.2) is 56.3 Å². The molecule has 4 heterocycles. The first kappa shape index (κ1) is 21.5. The van der Waals surface area contributed by atoms with Gasteiger partial charge in [-0.15, -0.1) is 0 Å². The number of halogens is 3. The molecule has 0 unspecified atom stereocenters. The van der Waals surface area contributed by atoms with Gasteiger partial charge in [0.05, 0.1) is 37.0 Å². The van der Waals surface area contributed by atoms with Gasteiger partial charge in [-0.3, -0.25) is 9.88 Å². The van der Waals surface area contributed by atoms with Gasteiger partial charge in [-0.1, -0.05) is 0 Å². The number of pyridine rings is 2. The van der Waals surface area contributed by atoms with Crippen LogP contribution in [0.5, 0.6) is 5.75 Å². The maximum Gasteiger partial charge on any atom is 0.418 e. The van der Waals surface area contributed by atoms with E-state index in [0.717, 1.165) is 49.5 Å². The van der Waals surface area contributed by atoms with E-state index in [9.17, 15) is 18.3 Å². The average Bonchev–Trinajstić information content (AvgIpc) is 3.10. The molecule has 1 fully saturated rings. The molecule has 3 aromatic heterocycles.